The highest BCUT2D eigenvalue weighted by Crippen LogP contribution is 2.25. The number of rotatable bonds is 6. The zero-order valence-electron chi connectivity index (χ0n) is 16.3. The summed E-state index contributed by atoms with van der Waals surface area (Å²) in [5, 5.41) is 11.9. The van der Waals surface area contributed by atoms with Crippen LogP contribution in [0.1, 0.15) is 18.1 Å². The summed E-state index contributed by atoms with van der Waals surface area (Å²) < 4.78 is 45.4. The van der Waals surface area contributed by atoms with Gasteiger partial charge in [-0.1, -0.05) is 6.07 Å². The first-order valence-corrected chi connectivity index (χ1v) is 10.6. The third kappa shape index (κ3) is 4.44. The van der Waals surface area contributed by atoms with E-state index in [4.69, 9.17) is 4.74 Å². The number of hydrogen-bond donors (Lipinski definition) is 2. The molecule has 8 nitrogen and oxygen atoms in total. The number of carbonyl (C=O) groups excluding carboxylic acids is 1. The Bertz CT molecular complexity index is 1070. The van der Waals surface area contributed by atoms with Gasteiger partial charge in [-0.05, 0) is 61.4 Å². The maximum absolute atomic E-state index is 13.2. The minimum atomic E-state index is -4.22. The van der Waals surface area contributed by atoms with Gasteiger partial charge in [-0.15, -0.1) is 0 Å². The molecule has 1 fully saturated rings. The number of carbonyl (C=O) groups is 2. The van der Waals surface area contributed by atoms with E-state index in [0.29, 0.717) is 10.1 Å². The molecule has 1 amide bonds. The van der Waals surface area contributed by atoms with E-state index in [-0.39, 0.29) is 17.3 Å². The quantitative estimate of drug-likeness (QED) is 0.712. The van der Waals surface area contributed by atoms with Crippen molar-refractivity contribution < 1.29 is 32.2 Å². The van der Waals surface area contributed by atoms with E-state index in [1.165, 1.54) is 43.3 Å². The van der Waals surface area contributed by atoms with Crippen LogP contribution in [-0.4, -0.2) is 48.3 Å². The second-order valence-corrected chi connectivity index (χ2v) is 8.91. The van der Waals surface area contributed by atoms with Crippen LogP contribution in [0.4, 0.5) is 4.39 Å². The van der Waals surface area contributed by atoms with Crippen LogP contribution in [0.3, 0.4) is 0 Å². The Morgan fingerprint density at radius 2 is 1.93 bits per heavy atom. The molecular formula is C20H21FN2O6S. The van der Waals surface area contributed by atoms with Crippen LogP contribution in [-0.2, 0) is 26.2 Å². The van der Waals surface area contributed by atoms with Gasteiger partial charge in [-0.2, -0.15) is 4.31 Å². The van der Waals surface area contributed by atoms with E-state index in [1.807, 2.05) is 0 Å². The first kappa shape index (κ1) is 21.7. The molecule has 0 aliphatic carbocycles. The number of ether oxygens (including phenoxy) is 1. The number of nitrogens with one attached hydrogen (secondary N) is 1. The Hall–Kier alpha value is -2.98. The largest absolute Gasteiger partial charge is 0.489 e. The minimum Gasteiger partial charge on any atom is -0.489 e. The Morgan fingerprint density at radius 3 is 2.53 bits per heavy atom. The van der Waals surface area contributed by atoms with Crippen LogP contribution < -0.4 is 10.1 Å². The summed E-state index contributed by atoms with van der Waals surface area (Å²) in [5.41, 5.74) is 1.51. The highest BCUT2D eigenvalue weighted by Gasteiger charge is 2.44. The Kier molecular flexibility index (Phi) is 6.09. The molecule has 1 saturated heterocycles. The third-order valence-electron chi connectivity index (χ3n) is 4.85. The van der Waals surface area contributed by atoms with Gasteiger partial charge in [0, 0.05) is 0 Å². The summed E-state index contributed by atoms with van der Waals surface area (Å²) in [6.45, 7) is 2.79. The molecule has 0 spiro atoms. The minimum absolute atomic E-state index is 0.152. The van der Waals surface area contributed by atoms with E-state index < -0.39 is 40.5 Å². The maximum atomic E-state index is 13.2. The van der Waals surface area contributed by atoms with Crippen molar-refractivity contribution in [3.8, 4) is 5.75 Å². The summed E-state index contributed by atoms with van der Waals surface area (Å²) in [4.78, 5) is 23.2. The van der Waals surface area contributed by atoms with Gasteiger partial charge in [0.15, 0.2) is 0 Å². The predicted molar refractivity (Wildman–Crippen MR) is 105 cm³/mol. The standard InChI is InChI=1S/C20H21FN2O6S/c1-12-9-15(21)4-3-14(12)11-29-16-5-7-17(8-6-16)30(27,28)23-10-18(24)22-13(2)19(23)20(25)26/h3-9,13,19H,10-11H2,1-2H3,(H,22,24)(H,25,26)/t13-,19+/m0/s1. The summed E-state index contributed by atoms with van der Waals surface area (Å²) in [7, 11) is -4.22. The molecule has 30 heavy (non-hydrogen) atoms. The van der Waals surface area contributed by atoms with Crippen LogP contribution in [0.25, 0.3) is 0 Å². The average Bonchev–Trinajstić information content (AvgIpc) is 2.66. The molecule has 2 N–H and O–H groups in total. The molecule has 2 aromatic carbocycles. The van der Waals surface area contributed by atoms with E-state index in [2.05, 4.69) is 5.32 Å². The highest BCUT2D eigenvalue weighted by atomic mass is 32.2. The predicted octanol–water partition coefficient (Wildman–Crippen LogP) is 1.68. The van der Waals surface area contributed by atoms with Gasteiger partial charge in [0.05, 0.1) is 17.5 Å². The molecule has 0 saturated carbocycles. The molecule has 10 heteroatoms. The monoisotopic (exact) mass is 436 g/mol. The average molecular weight is 436 g/mol. The maximum Gasteiger partial charge on any atom is 0.324 e. The fourth-order valence-corrected chi connectivity index (χ4v) is 4.87. The van der Waals surface area contributed by atoms with Gasteiger partial charge in [0.2, 0.25) is 15.9 Å². The van der Waals surface area contributed by atoms with E-state index in [1.54, 1.807) is 13.0 Å². The third-order valence-corrected chi connectivity index (χ3v) is 6.70. The first-order valence-electron chi connectivity index (χ1n) is 9.11. The second-order valence-electron chi connectivity index (χ2n) is 7.02. The molecular weight excluding hydrogens is 415 g/mol. The second kappa shape index (κ2) is 8.41. The van der Waals surface area contributed by atoms with Crippen LogP contribution in [0.2, 0.25) is 0 Å². The van der Waals surface area contributed by atoms with Crippen molar-refractivity contribution in [2.45, 2.75) is 37.4 Å². The summed E-state index contributed by atoms with van der Waals surface area (Å²) in [6, 6.07) is 7.50. The van der Waals surface area contributed by atoms with Crippen LogP contribution in [0, 0.1) is 12.7 Å². The fourth-order valence-electron chi connectivity index (χ4n) is 3.26. The molecule has 160 valence electrons. The van der Waals surface area contributed by atoms with Gasteiger partial charge >= 0.3 is 5.97 Å². The normalized spacial score (nSPS) is 19.9. The van der Waals surface area contributed by atoms with Crippen molar-refractivity contribution in [3.05, 3.63) is 59.4 Å². The molecule has 0 bridgehead atoms. The lowest BCUT2D eigenvalue weighted by Gasteiger charge is -2.36. The van der Waals surface area contributed by atoms with E-state index in [0.717, 1.165) is 11.1 Å². The zero-order chi connectivity index (χ0) is 22.1. The Labute approximate surface area is 173 Å². The van der Waals surface area contributed by atoms with Crippen molar-refractivity contribution in [2.24, 2.45) is 0 Å². The molecule has 0 radical (unpaired) electrons. The number of carboxylic acids is 1. The number of hydrogen-bond acceptors (Lipinski definition) is 5. The molecule has 1 aliphatic rings. The SMILES string of the molecule is Cc1cc(F)ccc1COc1ccc(S(=O)(=O)N2CC(=O)N[C@@H](C)[C@@H]2C(=O)O)cc1. The fraction of sp³-hybridized carbons (Fsp3) is 0.300. The molecule has 0 unspecified atom stereocenters. The van der Waals surface area contributed by atoms with Crippen LogP contribution in [0.15, 0.2) is 47.4 Å². The number of halogens is 1. The topological polar surface area (TPSA) is 113 Å². The number of sulfonamides is 1. The van der Waals surface area contributed by atoms with Gasteiger partial charge in [0.1, 0.15) is 24.2 Å². The number of carboxylic acid groups (broad SMARTS) is 1. The number of aryl methyl sites for hydroxylation is 1. The van der Waals surface area contributed by atoms with Crippen molar-refractivity contribution in [1.82, 2.24) is 9.62 Å². The first-order chi connectivity index (χ1) is 14.1. The summed E-state index contributed by atoms with van der Waals surface area (Å²) >= 11 is 0. The molecule has 2 atom stereocenters. The van der Waals surface area contributed by atoms with E-state index >= 15 is 0 Å². The zero-order valence-corrected chi connectivity index (χ0v) is 17.1. The van der Waals surface area contributed by atoms with Gasteiger partial charge < -0.3 is 15.2 Å². The molecule has 3 rings (SSSR count). The lowest BCUT2D eigenvalue weighted by Crippen LogP contribution is -2.63. The van der Waals surface area contributed by atoms with Gasteiger partial charge in [0.25, 0.3) is 0 Å². The van der Waals surface area contributed by atoms with Crippen molar-refractivity contribution in [3.63, 3.8) is 0 Å². The molecule has 1 aliphatic heterocycles. The number of nitrogens with zero attached hydrogens (tertiary/aromatic N) is 1. The number of amides is 1. The lowest BCUT2D eigenvalue weighted by molar-refractivity contribution is -0.144. The Morgan fingerprint density at radius 1 is 1.27 bits per heavy atom. The van der Waals surface area contributed by atoms with E-state index in [9.17, 15) is 27.5 Å². The van der Waals surface area contributed by atoms with Crippen LogP contribution in [0.5, 0.6) is 5.75 Å². The van der Waals surface area contributed by atoms with Crippen LogP contribution >= 0.6 is 0 Å². The number of piperazine rings is 1. The van der Waals surface area contributed by atoms with Gasteiger partial charge in [-0.3, -0.25) is 9.59 Å². The molecule has 2 aromatic rings. The van der Waals surface area contributed by atoms with Gasteiger partial charge in [-0.25, -0.2) is 12.8 Å². The lowest BCUT2D eigenvalue weighted by atomic mass is 10.1. The summed E-state index contributed by atoms with van der Waals surface area (Å²) in [5.74, 6) is -1.87. The summed E-state index contributed by atoms with van der Waals surface area (Å²) in [6.07, 6.45) is 0. The highest BCUT2D eigenvalue weighted by molar-refractivity contribution is 7.89. The van der Waals surface area contributed by atoms with Crippen molar-refractivity contribution >= 4 is 21.9 Å². The smallest absolute Gasteiger partial charge is 0.324 e. The Balaban J connectivity index is 1.78. The molecule has 1 heterocycles. The molecule has 0 aromatic heterocycles. The number of aliphatic carboxylic acids is 1. The number of benzene rings is 2. The van der Waals surface area contributed by atoms with Crippen molar-refractivity contribution in [1.29, 1.82) is 0 Å². The van der Waals surface area contributed by atoms with Crippen molar-refractivity contribution in [2.75, 3.05) is 6.54 Å².